The summed E-state index contributed by atoms with van der Waals surface area (Å²) < 4.78 is 0. The number of nitroso groups, excluding NO2 is 1. The molecule has 1 heterocycles. The van der Waals surface area contributed by atoms with Crippen LogP contribution in [0.3, 0.4) is 0 Å². The molecule has 0 fully saturated rings. The van der Waals surface area contributed by atoms with Gasteiger partial charge in [-0.25, -0.2) is 0 Å². The summed E-state index contributed by atoms with van der Waals surface area (Å²) in [7, 11) is 0. The van der Waals surface area contributed by atoms with Gasteiger partial charge in [-0.1, -0.05) is 30.3 Å². The number of nitriles is 1. The van der Waals surface area contributed by atoms with Gasteiger partial charge >= 0.3 is 0 Å². The van der Waals surface area contributed by atoms with Crippen LogP contribution in [0.4, 0.5) is 5.69 Å². The summed E-state index contributed by atoms with van der Waals surface area (Å²) in [6.45, 7) is 0. The minimum atomic E-state index is -0.168. The van der Waals surface area contributed by atoms with Crippen LogP contribution >= 0.6 is 0 Å². The molecule has 0 bridgehead atoms. The Hall–Kier alpha value is -3.66. The number of hydrogen-bond donors (Lipinski definition) is 1. The zero-order valence-electron chi connectivity index (χ0n) is 11.7. The molecule has 0 atom stereocenters. The molecule has 3 aromatic rings. The quantitative estimate of drug-likeness (QED) is 0.347. The minimum Gasteiger partial charge on any atom is -0.593 e. The zero-order chi connectivity index (χ0) is 16.4. The number of hydrogen-bond acceptors (Lipinski definition) is 5. The first-order valence-electron chi connectivity index (χ1n) is 6.64. The second-order valence-electron chi connectivity index (χ2n) is 4.75. The molecule has 1 N–H and O–H groups in total. The standard InChI is InChI=1S/C16H10N4O3/c17-10-11-6-8-13(9-7-11)16-14(18-21)15(19(22)20(16)23)12-4-2-1-3-5-12/h1-9,22H. The Kier molecular flexibility index (Phi) is 3.49. The van der Waals surface area contributed by atoms with Gasteiger partial charge in [-0.2, -0.15) is 5.26 Å². The Bertz CT molecular complexity index is 909. The highest BCUT2D eigenvalue weighted by molar-refractivity contribution is 5.82. The van der Waals surface area contributed by atoms with E-state index >= 15 is 0 Å². The van der Waals surface area contributed by atoms with Crippen molar-refractivity contribution in [1.29, 1.82) is 5.26 Å². The first-order valence-corrected chi connectivity index (χ1v) is 6.64. The van der Waals surface area contributed by atoms with E-state index in [1.807, 2.05) is 6.07 Å². The van der Waals surface area contributed by atoms with Crippen molar-refractivity contribution >= 4 is 5.69 Å². The van der Waals surface area contributed by atoms with Gasteiger partial charge in [0.1, 0.15) is 0 Å². The molecule has 0 unspecified atom stereocenters. The Labute approximate surface area is 130 Å². The Morgan fingerprint density at radius 3 is 2.30 bits per heavy atom. The molecule has 0 radical (unpaired) electrons. The number of nitrogens with zero attached hydrogens (tertiary/aromatic N) is 4. The van der Waals surface area contributed by atoms with Crippen molar-refractivity contribution < 1.29 is 10.1 Å². The molecule has 3 rings (SSSR count). The van der Waals surface area contributed by atoms with Crippen molar-refractivity contribution in [2.45, 2.75) is 0 Å². The van der Waals surface area contributed by atoms with E-state index in [-0.39, 0.29) is 21.9 Å². The summed E-state index contributed by atoms with van der Waals surface area (Å²) in [5.74, 6) is 0. The lowest BCUT2D eigenvalue weighted by molar-refractivity contribution is -0.714. The van der Waals surface area contributed by atoms with Gasteiger partial charge in [0.25, 0.3) is 5.69 Å². The van der Waals surface area contributed by atoms with E-state index in [1.54, 1.807) is 30.3 Å². The molecule has 0 aliphatic carbocycles. The van der Waals surface area contributed by atoms with Gasteiger partial charge in [0, 0.05) is 10.4 Å². The van der Waals surface area contributed by atoms with Crippen LogP contribution in [0.15, 0.2) is 59.8 Å². The highest BCUT2D eigenvalue weighted by atomic mass is 16.6. The lowest BCUT2D eigenvalue weighted by Crippen LogP contribution is -2.38. The first-order chi connectivity index (χ1) is 11.2. The van der Waals surface area contributed by atoms with Crippen molar-refractivity contribution in [3.63, 3.8) is 0 Å². The first kappa shape index (κ1) is 14.3. The predicted octanol–water partition coefficient (Wildman–Crippen LogP) is 2.96. The topological polar surface area (TPSA) is 105 Å². The third kappa shape index (κ3) is 2.28. The monoisotopic (exact) mass is 306 g/mol. The van der Waals surface area contributed by atoms with Crippen LogP contribution in [0.1, 0.15) is 5.56 Å². The van der Waals surface area contributed by atoms with Crippen LogP contribution in [0, 0.1) is 21.4 Å². The molecule has 0 saturated carbocycles. The normalized spacial score (nSPS) is 10.2. The largest absolute Gasteiger partial charge is 0.593 e. The van der Waals surface area contributed by atoms with Crippen LogP contribution in [0.5, 0.6) is 0 Å². The molecule has 0 amide bonds. The maximum atomic E-state index is 12.3. The van der Waals surface area contributed by atoms with Crippen LogP contribution in [0.2, 0.25) is 0 Å². The van der Waals surface area contributed by atoms with Gasteiger partial charge in [-0.15, -0.1) is 4.91 Å². The fourth-order valence-corrected chi connectivity index (χ4v) is 2.37. The molecule has 7 heteroatoms. The predicted molar refractivity (Wildman–Crippen MR) is 81.6 cm³/mol. The summed E-state index contributed by atoms with van der Waals surface area (Å²) >= 11 is 0. The van der Waals surface area contributed by atoms with E-state index in [0.29, 0.717) is 21.5 Å². The van der Waals surface area contributed by atoms with Gasteiger partial charge in [-0.3, -0.25) is 0 Å². The van der Waals surface area contributed by atoms with Gasteiger partial charge in [0.2, 0.25) is 5.69 Å². The second-order valence-corrected chi connectivity index (χ2v) is 4.75. The maximum absolute atomic E-state index is 12.3. The summed E-state index contributed by atoms with van der Waals surface area (Å²) in [5.41, 5.74) is 1.03. The highest BCUT2D eigenvalue weighted by Gasteiger charge is 2.31. The Morgan fingerprint density at radius 1 is 1.09 bits per heavy atom. The lowest BCUT2D eigenvalue weighted by atomic mass is 10.1. The van der Waals surface area contributed by atoms with Crippen molar-refractivity contribution in [2.75, 3.05) is 0 Å². The Balaban J connectivity index is 2.26. The second kappa shape index (κ2) is 5.61. The highest BCUT2D eigenvalue weighted by Crippen LogP contribution is 2.37. The molecule has 23 heavy (non-hydrogen) atoms. The summed E-state index contributed by atoms with van der Waals surface area (Å²) in [4.78, 5) is 11.8. The van der Waals surface area contributed by atoms with E-state index in [0.717, 1.165) is 0 Å². The van der Waals surface area contributed by atoms with E-state index in [9.17, 15) is 15.3 Å². The molecule has 7 nitrogen and oxygen atoms in total. The van der Waals surface area contributed by atoms with E-state index in [1.165, 1.54) is 24.3 Å². The van der Waals surface area contributed by atoms with Gasteiger partial charge in [0.15, 0.2) is 5.69 Å². The molecule has 1 aromatic heterocycles. The smallest absolute Gasteiger partial charge is 0.284 e. The van der Waals surface area contributed by atoms with E-state index in [4.69, 9.17) is 5.26 Å². The average Bonchev–Trinajstić information content (AvgIpc) is 2.86. The number of rotatable bonds is 3. The molecule has 0 aliphatic heterocycles. The summed E-state index contributed by atoms with van der Waals surface area (Å²) in [6, 6.07) is 16.5. The minimum absolute atomic E-state index is 0.00922. The molecular formula is C16H10N4O3. The SMILES string of the molecule is N#Cc1ccc(-c2c(N=O)c(-c3ccccc3)n(O)[n+]2[O-])cc1. The number of benzene rings is 2. The van der Waals surface area contributed by atoms with Crippen molar-refractivity contribution in [1.82, 2.24) is 4.85 Å². The average molecular weight is 306 g/mol. The Morgan fingerprint density at radius 2 is 1.74 bits per heavy atom. The molecule has 0 aliphatic rings. The zero-order valence-corrected chi connectivity index (χ0v) is 11.7. The van der Waals surface area contributed by atoms with Crippen LogP contribution in [-0.4, -0.2) is 10.1 Å². The molecule has 0 spiro atoms. The van der Waals surface area contributed by atoms with Crippen LogP contribution in [0.25, 0.3) is 22.5 Å². The van der Waals surface area contributed by atoms with Crippen LogP contribution < -0.4 is 4.85 Å². The summed E-state index contributed by atoms with van der Waals surface area (Å²) in [6.07, 6.45) is 0. The number of aromatic nitrogens is 2. The van der Waals surface area contributed by atoms with E-state index < -0.39 is 0 Å². The lowest BCUT2D eigenvalue weighted by Gasteiger charge is -2.00. The van der Waals surface area contributed by atoms with Crippen molar-refractivity contribution in [3.8, 4) is 28.6 Å². The molecule has 0 saturated heterocycles. The van der Waals surface area contributed by atoms with Crippen molar-refractivity contribution in [3.05, 3.63) is 70.3 Å². The third-order valence-electron chi connectivity index (χ3n) is 3.44. The van der Waals surface area contributed by atoms with E-state index in [2.05, 4.69) is 5.18 Å². The third-order valence-corrected chi connectivity index (χ3v) is 3.44. The molecular weight excluding hydrogens is 296 g/mol. The summed E-state index contributed by atoms with van der Waals surface area (Å²) in [5, 5.41) is 34.1. The van der Waals surface area contributed by atoms with Gasteiger partial charge < -0.3 is 10.4 Å². The van der Waals surface area contributed by atoms with Gasteiger partial charge in [0.05, 0.1) is 17.2 Å². The van der Waals surface area contributed by atoms with Gasteiger partial charge in [-0.05, 0) is 34.3 Å². The van der Waals surface area contributed by atoms with Crippen molar-refractivity contribution in [2.24, 2.45) is 5.18 Å². The molecule has 112 valence electrons. The fraction of sp³-hybridized carbons (Fsp3) is 0. The van der Waals surface area contributed by atoms with Crippen LogP contribution in [-0.2, 0) is 0 Å². The maximum Gasteiger partial charge on any atom is 0.284 e. The molecule has 2 aromatic carbocycles. The fourth-order valence-electron chi connectivity index (χ4n) is 2.37.